The van der Waals surface area contributed by atoms with Crippen LogP contribution >= 0.6 is 0 Å². The summed E-state index contributed by atoms with van der Waals surface area (Å²) in [6.45, 7) is 1.67. The summed E-state index contributed by atoms with van der Waals surface area (Å²) >= 11 is 0. The number of para-hydroxylation sites is 2. The lowest BCUT2D eigenvalue weighted by Crippen LogP contribution is -2.35. The van der Waals surface area contributed by atoms with Crippen LogP contribution in [0.1, 0.15) is 29.5 Å². The minimum absolute atomic E-state index is 0.0239. The molecule has 1 amide bonds. The zero-order valence-electron chi connectivity index (χ0n) is 11.9. The van der Waals surface area contributed by atoms with E-state index in [9.17, 15) is 23.3 Å². The Morgan fingerprint density at radius 3 is 2.59 bits per heavy atom. The number of primary amides is 1. The summed E-state index contributed by atoms with van der Waals surface area (Å²) in [7, 11) is -3.63. The largest absolute Gasteiger partial charge is 0.805 e. The van der Waals surface area contributed by atoms with E-state index in [-0.39, 0.29) is 25.9 Å². The summed E-state index contributed by atoms with van der Waals surface area (Å²) in [6, 6.07) is 5.78. The molecule has 1 aromatic carbocycles. The van der Waals surface area contributed by atoms with Gasteiger partial charge in [0.15, 0.2) is 9.84 Å². The van der Waals surface area contributed by atoms with Gasteiger partial charge in [-0.25, -0.2) is 8.42 Å². The Labute approximate surface area is 126 Å². The van der Waals surface area contributed by atoms with E-state index in [1.165, 1.54) is 24.3 Å². The number of fused-ring (bicyclic) bond motifs is 1. The molecule has 0 bridgehead atoms. The second kappa shape index (κ2) is 5.76. The normalized spacial score (nSPS) is 11.7. The molecule has 0 aliphatic heterocycles. The van der Waals surface area contributed by atoms with Crippen LogP contribution in [0.4, 0.5) is 0 Å². The molecular formula is C13H15N3O5S. The molecule has 1 heterocycles. The highest BCUT2D eigenvalue weighted by atomic mass is 32.2. The van der Waals surface area contributed by atoms with Gasteiger partial charge in [-0.05, 0) is 12.5 Å². The molecule has 22 heavy (non-hydrogen) atoms. The molecule has 0 unspecified atom stereocenters. The monoisotopic (exact) mass is 325 g/mol. The first-order valence-corrected chi connectivity index (χ1v) is 8.37. The van der Waals surface area contributed by atoms with Gasteiger partial charge in [0.25, 0.3) is 5.52 Å². The van der Waals surface area contributed by atoms with Crippen molar-refractivity contribution in [2.24, 2.45) is 5.73 Å². The summed E-state index contributed by atoms with van der Waals surface area (Å²) in [5, 5.41) is 12.4. The molecule has 0 saturated carbocycles. The SMILES string of the molecule is CCCS(=O)(=O)Cc1c(C(N)=O)[n+](=O)c2ccccc2n1[O-]. The highest BCUT2D eigenvalue weighted by molar-refractivity contribution is 7.90. The Morgan fingerprint density at radius 1 is 1.36 bits per heavy atom. The van der Waals surface area contributed by atoms with E-state index in [0.717, 1.165) is 0 Å². The molecule has 2 rings (SSSR count). The Balaban J connectivity index is 2.82. The molecule has 2 aromatic rings. The van der Waals surface area contributed by atoms with Gasteiger partial charge in [0.2, 0.25) is 0 Å². The van der Waals surface area contributed by atoms with Crippen LogP contribution in [0.3, 0.4) is 0 Å². The van der Waals surface area contributed by atoms with Crippen molar-refractivity contribution < 1.29 is 17.6 Å². The summed E-state index contributed by atoms with van der Waals surface area (Å²) in [5.74, 6) is -2.01. The van der Waals surface area contributed by atoms with Crippen molar-refractivity contribution in [1.82, 2.24) is 4.73 Å². The molecule has 8 nitrogen and oxygen atoms in total. The standard InChI is InChI=1S/C13H15N3O5S/c1-2-7-22(20,21)8-11-12(13(14)17)16(19)10-6-4-3-5-9(10)15(11)18/h3-6H,2,7-8H2,1H3,(H2,14,17). The minimum atomic E-state index is -3.63. The highest BCUT2D eigenvalue weighted by Crippen LogP contribution is 2.17. The molecule has 118 valence electrons. The minimum Gasteiger partial charge on any atom is -0.805 e. The van der Waals surface area contributed by atoms with Crippen molar-refractivity contribution in [3.8, 4) is 0 Å². The number of hydrogen-bond donors (Lipinski definition) is 1. The molecular weight excluding hydrogens is 310 g/mol. The van der Waals surface area contributed by atoms with E-state index < -0.39 is 32.9 Å². The van der Waals surface area contributed by atoms with E-state index in [2.05, 4.69) is 0 Å². The molecule has 0 aliphatic carbocycles. The van der Waals surface area contributed by atoms with E-state index in [0.29, 0.717) is 6.42 Å². The van der Waals surface area contributed by atoms with Crippen molar-refractivity contribution in [2.75, 3.05) is 5.75 Å². The number of benzene rings is 1. The fourth-order valence-corrected chi connectivity index (χ4v) is 3.68. The van der Waals surface area contributed by atoms with E-state index in [4.69, 9.17) is 5.73 Å². The third-order valence-corrected chi connectivity index (χ3v) is 4.89. The molecule has 2 N–H and O–H groups in total. The third-order valence-electron chi connectivity index (χ3n) is 3.15. The number of aromatic nitrogens is 2. The fourth-order valence-electron chi connectivity index (χ4n) is 2.25. The Kier molecular flexibility index (Phi) is 4.18. The van der Waals surface area contributed by atoms with Crippen LogP contribution in [0, 0.1) is 10.1 Å². The van der Waals surface area contributed by atoms with Gasteiger partial charge in [-0.3, -0.25) is 4.79 Å². The van der Waals surface area contributed by atoms with Crippen molar-refractivity contribution in [1.29, 1.82) is 0 Å². The summed E-state index contributed by atoms with van der Waals surface area (Å²) < 4.78 is 24.4. The number of amides is 1. The molecule has 0 saturated heterocycles. The van der Waals surface area contributed by atoms with Crippen molar-refractivity contribution in [2.45, 2.75) is 19.1 Å². The van der Waals surface area contributed by atoms with Gasteiger partial charge in [-0.15, -0.1) is 0 Å². The lowest BCUT2D eigenvalue weighted by molar-refractivity contribution is -0.468. The smallest absolute Gasteiger partial charge is 0.347 e. The van der Waals surface area contributed by atoms with Gasteiger partial charge >= 0.3 is 11.6 Å². The predicted molar refractivity (Wildman–Crippen MR) is 80.4 cm³/mol. The second-order valence-electron chi connectivity index (χ2n) is 4.83. The molecule has 0 fully saturated rings. The van der Waals surface area contributed by atoms with Crippen LogP contribution in [0.5, 0.6) is 0 Å². The quantitative estimate of drug-likeness (QED) is 0.792. The maximum absolute atomic E-state index is 12.4. The van der Waals surface area contributed by atoms with Gasteiger partial charge in [0, 0.05) is 11.0 Å². The van der Waals surface area contributed by atoms with Gasteiger partial charge in [-0.1, -0.05) is 19.1 Å². The van der Waals surface area contributed by atoms with Gasteiger partial charge in [0.05, 0.1) is 15.9 Å². The van der Waals surface area contributed by atoms with Gasteiger partial charge in [0.1, 0.15) is 11.2 Å². The average Bonchev–Trinajstić information content (AvgIpc) is 2.44. The number of carbonyl (C=O) groups excluding carboxylic acids is 1. The summed E-state index contributed by atoms with van der Waals surface area (Å²) in [6.07, 6.45) is 0.359. The van der Waals surface area contributed by atoms with Crippen LogP contribution in [-0.2, 0) is 15.6 Å². The molecule has 0 spiro atoms. The first-order valence-electron chi connectivity index (χ1n) is 6.55. The number of carbonyl (C=O) groups is 1. The van der Waals surface area contributed by atoms with E-state index >= 15 is 0 Å². The van der Waals surface area contributed by atoms with E-state index in [1.807, 2.05) is 0 Å². The molecule has 0 radical (unpaired) electrons. The number of nitrogens with two attached hydrogens (primary N) is 1. The zero-order chi connectivity index (χ0) is 16.5. The molecule has 0 atom stereocenters. The Morgan fingerprint density at radius 2 is 2.00 bits per heavy atom. The molecule has 9 heteroatoms. The molecule has 1 aromatic heterocycles. The van der Waals surface area contributed by atoms with Gasteiger partial charge in [-0.2, -0.15) is 0 Å². The fraction of sp³-hybridized carbons (Fsp3) is 0.308. The van der Waals surface area contributed by atoms with Gasteiger partial charge < -0.3 is 15.7 Å². The van der Waals surface area contributed by atoms with Crippen LogP contribution in [0.25, 0.3) is 11.0 Å². The molecule has 0 aliphatic rings. The van der Waals surface area contributed by atoms with Crippen LogP contribution in [0.2, 0.25) is 0 Å². The second-order valence-corrected chi connectivity index (χ2v) is 7.01. The maximum atomic E-state index is 12.4. The predicted octanol–water partition coefficient (Wildman–Crippen LogP) is 0.325. The van der Waals surface area contributed by atoms with E-state index in [1.54, 1.807) is 6.92 Å². The average molecular weight is 325 g/mol. The lowest BCUT2D eigenvalue weighted by Gasteiger charge is -2.18. The topological polar surface area (TPSA) is 128 Å². The number of rotatable bonds is 5. The number of sulfone groups is 1. The Hall–Kier alpha value is -2.42. The van der Waals surface area contributed by atoms with Crippen LogP contribution in [0.15, 0.2) is 24.3 Å². The van der Waals surface area contributed by atoms with Crippen LogP contribution < -0.4 is 10.2 Å². The number of hydrogen-bond acceptors (Lipinski definition) is 5. The lowest BCUT2D eigenvalue weighted by atomic mass is 10.2. The summed E-state index contributed by atoms with van der Waals surface area (Å²) in [4.78, 5) is 23.8. The van der Waals surface area contributed by atoms with Crippen molar-refractivity contribution in [3.63, 3.8) is 0 Å². The zero-order valence-corrected chi connectivity index (χ0v) is 12.7. The van der Waals surface area contributed by atoms with Crippen molar-refractivity contribution >= 4 is 26.8 Å². The maximum Gasteiger partial charge on any atom is 0.347 e. The highest BCUT2D eigenvalue weighted by Gasteiger charge is 2.29. The first kappa shape index (κ1) is 16.0. The summed E-state index contributed by atoms with van der Waals surface area (Å²) in [5.41, 5.74) is 3.99. The Bertz CT molecular complexity index is 902. The first-order chi connectivity index (χ1) is 10.3. The van der Waals surface area contributed by atoms with Crippen molar-refractivity contribution in [3.05, 3.63) is 45.8 Å². The third kappa shape index (κ3) is 2.80. The van der Waals surface area contributed by atoms with Crippen LogP contribution in [-0.4, -0.2) is 24.8 Å². The number of nitrogens with zero attached hydrogens (tertiary/aromatic N) is 2.